The number of benzene rings is 8. The lowest BCUT2D eigenvalue weighted by Crippen LogP contribution is -2.25. The van der Waals surface area contributed by atoms with Crippen LogP contribution in [-0.2, 0) is 5.41 Å². The number of para-hydroxylation sites is 2. The van der Waals surface area contributed by atoms with Gasteiger partial charge in [0.1, 0.15) is 11.2 Å². The summed E-state index contributed by atoms with van der Waals surface area (Å²) in [7, 11) is 0. The average molecular weight is 648 g/mol. The second-order valence-electron chi connectivity index (χ2n) is 14.0. The van der Waals surface area contributed by atoms with E-state index in [0.717, 1.165) is 21.9 Å². The highest BCUT2D eigenvalue weighted by molar-refractivity contribution is 6.12. The molecule has 2 aliphatic rings. The molecule has 10 aromatic rings. The van der Waals surface area contributed by atoms with Crippen LogP contribution in [0.15, 0.2) is 180 Å². The Kier molecular flexibility index (Phi) is 5.20. The summed E-state index contributed by atoms with van der Waals surface area (Å²) in [6, 6.07) is 64.6. The predicted octanol–water partition coefficient (Wildman–Crippen LogP) is 12.7. The number of fused-ring (bicyclic) bond motifs is 16. The molecule has 0 saturated carbocycles. The van der Waals surface area contributed by atoms with Crippen molar-refractivity contribution in [3.05, 3.63) is 198 Å². The van der Waals surface area contributed by atoms with Gasteiger partial charge in [-0.2, -0.15) is 0 Å². The molecule has 0 atom stereocenters. The van der Waals surface area contributed by atoms with Gasteiger partial charge in [-0.15, -0.1) is 0 Å². The Bertz CT molecular complexity index is 3040. The van der Waals surface area contributed by atoms with Gasteiger partial charge in [-0.25, -0.2) is 0 Å². The van der Waals surface area contributed by atoms with Gasteiger partial charge in [-0.1, -0.05) is 121 Å². The fourth-order valence-corrected chi connectivity index (χ4v) is 9.55. The summed E-state index contributed by atoms with van der Waals surface area (Å²) in [5, 5.41) is 4.80. The molecule has 12 rings (SSSR count). The maximum absolute atomic E-state index is 6.72. The first-order chi connectivity index (χ1) is 25.3. The van der Waals surface area contributed by atoms with Crippen LogP contribution in [0.3, 0.4) is 0 Å². The Morgan fingerprint density at radius 1 is 0.353 bits per heavy atom. The van der Waals surface area contributed by atoms with Gasteiger partial charge in [0.25, 0.3) is 0 Å². The van der Waals surface area contributed by atoms with E-state index in [0.29, 0.717) is 0 Å². The zero-order chi connectivity index (χ0) is 33.3. The quantitative estimate of drug-likeness (QED) is 0.183. The Balaban J connectivity index is 1.08. The van der Waals surface area contributed by atoms with Crippen LogP contribution in [0.5, 0.6) is 0 Å². The van der Waals surface area contributed by atoms with Gasteiger partial charge in [-0.05, 0) is 110 Å². The van der Waals surface area contributed by atoms with Gasteiger partial charge in [0, 0.05) is 27.2 Å². The molecule has 0 unspecified atom stereocenters. The summed E-state index contributed by atoms with van der Waals surface area (Å²) < 4.78 is 9.09. The average Bonchev–Trinajstić information content (AvgIpc) is 3.90. The Hall–Kier alpha value is -6.64. The number of aromatic nitrogens is 1. The smallest absolute Gasteiger partial charge is 0.135 e. The lowest BCUT2D eigenvalue weighted by molar-refractivity contribution is 0.666. The molecule has 8 aromatic carbocycles. The molecule has 236 valence electrons. The van der Waals surface area contributed by atoms with Crippen molar-refractivity contribution in [2.24, 2.45) is 0 Å². The maximum atomic E-state index is 6.72. The van der Waals surface area contributed by atoms with E-state index in [4.69, 9.17) is 4.42 Å². The second-order valence-corrected chi connectivity index (χ2v) is 14.0. The molecule has 0 N–H and O–H groups in total. The zero-order valence-electron chi connectivity index (χ0n) is 27.6. The van der Waals surface area contributed by atoms with E-state index < -0.39 is 0 Å². The molecule has 0 radical (unpaired) electrons. The van der Waals surface area contributed by atoms with Crippen LogP contribution in [0.25, 0.3) is 82.8 Å². The lowest BCUT2D eigenvalue weighted by atomic mass is 9.70. The highest BCUT2D eigenvalue weighted by atomic mass is 16.3. The van der Waals surface area contributed by atoms with Crippen LogP contribution in [0.1, 0.15) is 22.3 Å². The third-order valence-electron chi connectivity index (χ3n) is 11.6. The summed E-state index contributed by atoms with van der Waals surface area (Å²) in [4.78, 5) is 0. The molecule has 0 bridgehead atoms. The van der Waals surface area contributed by atoms with Gasteiger partial charge in [-0.3, -0.25) is 0 Å². The van der Waals surface area contributed by atoms with Gasteiger partial charge in [0.05, 0.1) is 16.4 Å². The van der Waals surface area contributed by atoms with Gasteiger partial charge in [0.15, 0.2) is 0 Å². The monoisotopic (exact) mass is 647 g/mol. The van der Waals surface area contributed by atoms with E-state index in [-0.39, 0.29) is 5.41 Å². The molecule has 2 heteroatoms. The summed E-state index contributed by atoms with van der Waals surface area (Å²) in [5.41, 5.74) is 18.0. The molecule has 2 aromatic heterocycles. The largest absolute Gasteiger partial charge is 0.456 e. The van der Waals surface area contributed by atoms with Crippen LogP contribution < -0.4 is 0 Å². The van der Waals surface area contributed by atoms with Crippen molar-refractivity contribution < 1.29 is 4.42 Å². The van der Waals surface area contributed by atoms with Gasteiger partial charge < -0.3 is 8.98 Å². The van der Waals surface area contributed by atoms with Crippen LogP contribution in [-0.4, -0.2) is 4.57 Å². The lowest BCUT2D eigenvalue weighted by Gasteiger charge is -2.30. The minimum absolute atomic E-state index is 0.383. The topological polar surface area (TPSA) is 18.1 Å². The standard InChI is InChI=1S/C49H29NO/c1-2-12-32(13-3-1)50-45-21-11-7-17-36(45)38-26-30(22-24-46(38)50)31-23-25-47-39(27-31)40-28-37-35-16-6-10-20-43(35)49(44(37)29-48(40)51-47)41-18-8-4-14-33(41)34-15-5-9-19-42(34)49/h1-29H. The summed E-state index contributed by atoms with van der Waals surface area (Å²) in [5.74, 6) is 0. The summed E-state index contributed by atoms with van der Waals surface area (Å²) in [6.45, 7) is 0. The molecule has 0 amide bonds. The van der Waals surface area contributed by atoms with E-state index in [1.807, 2.05) is 0 Å². The SMILES string of the molecule is c1ccc(-n2c3ccccc3c3cc(-c4ccc5oc6cc7c(cc6c5c4)-c4ccccc4C74c5ccccc5-c5ccccc54)ccc32)cc1. The van der Waals surface area contributed by atoms with Crippen molar-refractivity contribution in [3.8, 4) is 39.1 Å². The molecule has 2 nitrogen and oxygen atoms in total. The summed E-state index contributed by atoms with van der Waals surface area (Å²) >= 11 is 0. The molecule has 0 aliphatic heterocycles. The fraction of sp³-hybridized carbons (Fsp3) is 0.0204. The molecular formula is C49H29NO. The van der Waals surface area contributed by atoms with E-state index in [1.165, 1.54) is 83.1 Å². The molecule has 2 aliphatic carbocycles. The van der Waals surface area contributed by atoms with Gasteiger partial charge in [0.2, 0.25) is 0 Å². The first-order valence-electron chi connectivity index (χ1n) is 17.7. The van der Waals surface area contributed by atoms with Gasteiger partial charge >= 0.3 is 0 Å². The molecule has 0 fully saturated rings. The second kappa shape index (κ2) is 9.74. The van der Waals surface area contributed by atoms with Crippen molar-refractivity contribution in [3.63, 3.8) is 0 Å². The van der Waals surface area contributed by atoms with Crippen LogP contribution in [0.2, 0.25) is 0 Å². The highest BCUT2D eigenvalue weighted by Crippen LogP contribution is 2.63. The Morgan fingerprint density at radius 3 is 1.63 bits per heavy atom. The van der Waals surface area contributed by atoms with Crippen LogP contribution in [0, 0.1) is 0 Å². The third-order valence-corrected chi connectivity index (χ3v) is 11.6. The maximum Gasteiger partial charge on any atom is 0.135 e. The van der Waals surface area contributed by atoms with Crippen molar-refractivity contribution in [1.29, 1.82) is 0 Å². The van der Waals surface area contributed by atoms with E-state index in [9.17, 15) is 0 Å². The normalized spacial score (nSPS) is 13.6. The summed E-state index contributed by atoms with van der Waals surface area (Å²) in [6.07, 6.45) is 0. The molecular weight excluding hydrogens is 619 g/mol. The van der Waals surface area contributed by atoms with Crippen molar-refractivity contribution >= 4 is 43.7 Å². The van der Waals surface area contributed by atoms with E-state index in [1.54, 1.807) is 0 Å². The predicted molar refractivity (Wildman–Crippen MR) is 210 cm³/mol. The number of nitrogens with zero attached hydrogens (tertiary/aromatic N) is 1. The van der Waals surface area contributed by atoms with E-state index >= 15 is 0 Å². The first kappa shape index (κ1) is 27.2. The van der Waals surface area contributed by atoms with Crippen molar-refractivity contribution in [2.45, 2.75) is 5.41 Å². The fourth-order valence-electron chi connectivity index (χ4n) is 9.55. The highest BCUT2D eigenvalue weighted by Gasteiger charge is 2.51. The first-order valence-corrected chi connectivity index (χ1v) is 17.7. The van der Waals surface area contributed by atoms with Crippen LogP contribution in [0.4, 0.5) is 0 Å². The minimum atomic E-state index is -0.383. The van der Waals surface area contributed by atoms with Crippen molar-refractivity contribution in [1.82, 2.24) is 4.57 Å². The van der Waals surface area contributed by atoms with Crippen molar-refractivity contribution in [2.75, 3.05) is 0 Å². The Morgan fingerprint density at radius 2 is 0.902 bits per heavy atom. The number of hydrogen-bond donors (Lipinski definition) is 0. The molecule has 51 heavy (non-hydrogen) atoms. The number of furan rings is 1. The number of rotatable bonds is 2. The minimum Gasteiger partial charge on any atom is -0.456 e. The molecule has 1 spiro atoms. The van der Waals surface area contributed by atoms with Crippen LogP contribution >= 0.6 is 0 Å². The Labute approximate surface area is 294 Å². The van der Waals surface area contributed by atoms with E-state index in [2.05, 4.69) is 180 Å². The number of hydrogen-bond acceptors (Lipinski definition) is 1. The molecule has 2 heterocycles. The third kappa shape index (κ3) is 3.42. The molecule has 0 saturated heterocycles. The zero-order valence-corrected chi connectivity index (χ0v) is 27.6.